The summed E-state index contributed by atoms with van der Waals surface area (Å²) >= 11 is 0. The van der Waals surface area contributed by atoms with Gasteiger partial charge in [0.15, 0.2) is 0 Å². The molecule has 0 fully saturated rings. The third-order valence-electron chi connectivity index (χ3n) is 4.91. The highest BCUT2D eigenvalue weighted by Gasteiger charge is 2.23. The Labute approximate surface area is 188 Å². The van der Waals surface area contributed by atoms with Crippen molar-refractivity contribution in [2.75, 3.05) is 7.11 Å². The summed E-state index contributed by atoms with van der Waals surface area (Å²) < 4.78 is 10.2. The van der Waals surface area contributed by atoms with Crippen LogP contribution in [0.25, 0.3) is 0 Å². The molecule has 0 bridgehead atoms. The zero-order chi connectivity index (χ0) is 23.3. The summed E-state index contributed by atoms with van der Waals surface area (Å²) in [6.45, 7) is 9.74. The number of ether oxygens (including phenoxy) is 2. The lowest BCUT2D eigenvalue weighted by Crippen LogP contribution is -2.29. The summed E-state index contributed by atoms with van der Waals surface area (Å²) in [6.07, 6.45) is 3.15. The van der Waals surface area contributed by atoms with Crippen molar-refractivity contribution in [3.63, 3.8) is 0 Å². The number of esters is 2. The molecule has 31 heavy (non-hydrogen) atoms. The van der Waals surface area contributed by atoms with Gasteiger partial charge in [0.1, 0.15) is 5.60 Å². The van der Waals surface area contributed by atoms with Gasteiger partial charge in [-0.1, -0.05) is 74.5 Å². The van der Waals surface area contributed by atoms with Gasteiger partial charge in [-0.2, -0.15) is 0 Å². The van der Waals surface area contributed by atoms with Crippen molar-refractivity contribution >= 4 is 11.9 Å². The summed E-state index contributed by atoms with van der Waals surface area (Å²) in [5.74, 6) is -0.265. The van der Waals surface area contributed by atoms with Crippen molar-refractivity contribution in [2.45, 2.75) is 65.9 Å². The van der Waals surface area contributed by atoms with Crippen molar-refractivity contribution in [1.82, 2.24) is 0 Å². The molecule has 0 radical (unpaired) electrons. The second-order valence-corrected chi connectivity index (χ2v) is 8.65. The van der Waals surface area contributed by atoms with E-state index in [-0.39, 0.29) is 23.8 Å². The molecule has 0 unspecified atom stereocenters. The molecule has 0 amide bonds. The second-order valence-electron chi connectivity index (χ2n) is 8.65. The van der Waals surface area contributed by atoms with E-state index >= 15 is 0 Å². The highest BCUT2D eigenvalue weighted by molar-refractivity contribution is 5.73. The Morgan fingerprint density at radius 3 is 1.45 bits per heavy atom. The lowest BCUT2D eigenvalue weighted by Gasteiger charge is -2.23. The molecule has 0 aromatic heterocycles. The SMILES string of the molecule is CC[C@@H](Cc1ccccc1)C(=O)OC.CC[C@@H](Cc1ccccc1)C(=O)OC(C)(C)C. The van der Waals surface area contributed by atoms with Crippen LogP contribution in [0.2, 0.25) is 0 Å². The van der Waals surface area contributed by atoms with E-state index in [0.29, 0.717) is 0 Å². The zero-order valence-electron chi connectivity index (χ0n) is 19.9. The van der Waals surface area contributed by atoms with E-state index in [9.17, 15) is 9.59 Å². The van der Waals surface area contributed by atoms with Gasteiger partial charge in [0.2, 0.25) is 0 Å². The van der Waals surface area contributed by atoms with Gasteiger partial charge in [0.25, 0.3) is 0 Å². The molecule has 2 aromatic rings. The first kappa shape index (κ1) is 26.4. The van der Waals surface area contributed by atoms with Gasteiger partial charge >= 0.3 is 11.9 Å². The number of hydrogen-bond acceptors (Lipinski definition) is 4. The van der Waals surface area contributed by atoms with Crippen LogP contribution in [0, 0.1) is 11.8 Å². The molecule has 0 saturated carbocycles. The van der Waals surface area contributed by atoms with Crippen LogP contribution in [0.15, 0.2) is 60.7 Å². The van der Waals surface area contributed by atoms with Crippen molar-refractivity contribution in [3.8, 4) is 0 Å². The van der Waals surface area contributed by atoms with E-state index in [4.69, 9.17) is 9.47 Å². The first-order valence-corrected chi connectivity index (χ1v) is 11.1. The second kappa shape index (κ2) is 13.6. The Morgan fingerprint density at radius 1 is 0.742 bits per heavy atom. The Hall–Kier alpha value is -2.62. The minimum Gasteiger partial charge on any atom is -0.469 e. The molecule has 0 aliphatic heterocycles. The first-order valence-electron chi connectivity index (χ1n) is 11.1. The predicted molar refractivity (Wildman–Crippen MR) is 126 cm³/mol. The number of hydrogen-bond donors (Lipinski definition) is 0. The summed E-state index contributed by atoms with van der Waals surface area (Å²) in [5.41, 5.74) is 1.97. The minimum absolute atomic E-state index is 0.0117. The summed E-state index contributed by atoms with van der Waals surface area (Å²) in [4.78, 5) is 23.3. The summed E-state index contributed by atoms with van der Waals surface area (Å²) in [6, 6.07) is 20.1. The fraction of sp³-hybridized carbons (Fsp3) is 0.481. The van der Waals surface area contributed by atoms with E-state index in [1.54, 1.807) is 0 Å². The third-order valence-corrected chi connectivity index (χ3v) is 4.91. The molecule has 0 heterocycles. The maximum absolute atomic E-state index is 12.0. The monoisotopic (exact) mass is 426 g/mol. The van der Waals surface area contributed by atoms with Crippen LogP contribution in [0.4, 0.5) is 0 Å². The summed E-state index contributed by atoms with van der Waals surface area (Å²) in [5, 5.41) is 0. The van der Waals surface area contributed by atoms with Crippen LogP contribution in [-0.2, 0) is 31.9 Å². The van der Waals surface area contributed by atoms with Crippen molar-refractivity contribution < 1.29 is 19.1 Å². The van der Waals surface area contributed by atoms with E-state index in [2.05, 4.69) is 0 Å². The maximum atomic E-state index is 12.0. The Morgan fingerprint density at radius 2 is 1.13 bits per heavy atom. The molecule has 170 valence electrons. The minimum atomic E-state index is -0.402. The molecule has 2 aromatic carbocycles. The lowest BCUT2D eigenvalue weighted by atomic mass is 9.97. The average Bonchev–Trinajstić information content (AvgIpc) is 2.76. The van der Waals surface area contributed by atoms with E-state index in [1.165, 1.54) is 18.2 Å². The van der Waals surface area contributed by atoms with Crippen molar-refractivity contribution in [3.05, 3.63) is 71.8 Å². The van der Waals surface area contributed by atoms with Crippen LogP contribution in [-0.4, -0.2) is 24.6 Å². The largest absolute Gasteiger partial charge is 0.469 e. The molecule has 4 nitrogen and oxygen atoms in total. The molecule has 0 aliphatic carbocycles. The van der Waals surface area contributed by atoms with Crippen LogP contribution >= 0.6 is 0 Å². The Bertz CT molecular complexity index is 763. The molecular weight excluding hydrogens is 388 g/mol. The number of methoxy groups -OCH3 is 1. The molecular formula is C27H38O4. The predicted octanol–water partition coefficient (Wildman–Crippen LogP) is 6.03. The fourth-order valence-corrected chi connectivity index (χ4v) is 3.14. The molecule has 4 heteroatoms. The molecule has 0 spiro atoms. The van der Waals surface area contributed by atoms with Crippen molar-refractivity contribution in [1.29, 1.82) is 0 Å². The van der Waals surface area contributed by atoms with E-state index in [1.807, 2.05) is 95.3 Å². The van der Waals surface area contributed by atoms with Gasteiger partial charge < -0.3 is 9.47 Å². The average molecular weight is 427 g/mol. The van der Waals surface area contributed by atoms with Crippen LogP contribution in [0.1, 0.15) is 58.6 Å². The smallest absolute Gasteiger partial charge is 0.309 e. The number of carbonyl (C=O) groups is 2. The van der Waals surface area contributed by atoms with E-state index < -0.39 is 5.60 Å². The topological polar surface area (TPSA) is 52.6 Å². The van der Waals surface area contributed by atoms with E-state index in [0.717, 1.165) is 25.7 Å². The summed E-state index contributed by atoms with van der Waals surface area (Å²) in [7, 11) is 1.44. The highest BCUT2D eigenvalue weighted by Crippen LogP contribution is 2.18. The fourth-order valence-electron chi connectivity index (χ4n) is 3.14. The molecule has 0 N–H and O–H groups in total. The van der Waals surface area contributed by atoms with Crippen molar-refractivity contribution in [2.24, 2.45) is 11.8 Å². The van der Waals surface area contributed by atoms with Crippen LogP contribution in [0.3, 0.4) is 0 Å². The standard InChI is InChI=1S/C15H22O2.C12H16O2/c1-5-13(14(16)17-15(2,3)4)11-12-9-7-6-8-10-12;1-3-11(12(13)14-2)9-10-7-5-4-6-8-10/h6-10,13H,5,11H2,1-4H3;4-8,11H,3,9H2,1-2H3/t13-;11-/m00/s1. The van der Waals surface area contributed by atoms with Gasteiger partial charge in [-0.25, -0.2) is 0 Å². The lowest BCUT2D eigenvalue weighted by molar-refractivity contribution is -0.160. The van der Waals surface area contributed by atoms with Gasteiger partial charge in [0, 0.05) is 0 Å². The Kier molecular flexibility index (Phi) is 11.6. The van der Waals surface area contributed by atoms with Gasteiger partial charge in [-0.05, 0) is 57.6 Å². The quantitative estimate of drug-likeness (QED) is 0.484. The highest BCUT2D eigenvalue weighted by atomic mass is 16.6. The number of carbonyl (C=O) groups excluding carboxylic acids is 2. The third kappa shape index (κ3) is 10.8. The Balaban J connectivity index is 0.000000316. The van der Waals surface area contributed by atoms with Crippen LogP contribution < -0.4 is 0 Å². The molecule has 0 aliphatic rings. The molecule has 2 atom stereocenters. The zero-order valence-corrected chi connectivity index (χ0v) is 19.9. The van der Waals surface area contributed by atoms with Crippen LogP contribution in [0.5, 0.6) is 0 Å². The number of benzene rings is 2. The first-order chi connectivity index (χ1) is 14.7. The molecule has 2 rings (SSSR count). The maximum Gasteiger partial charge on any atom is 0.309 e. The number of rotatable bonds is 8. The molecule has 0 saturated heterocycles. The normalized spacial score (nSPS) is 12.7. The van der Waals surface area contributed by atoms with Gasteiger partial charge in [-0.15, -0.1) is 0 Å². The van der Waals surface area contributed by atoms with Gasteiger partial charge in [0.05, 0.1) is 18.9 Å². The van der Waals surface area contributed by atoms with Gasteiger partial charge in [-0.3, -0.25) is 9.59 Å².